The Bertz CT molecular complexity index is 941. The summed E-state index contributed by atoms with van der Waals surface area (Å²) in [4.78, 5) is 0. The Morgan fingerprint density at radius 2 is 1.66 bits per heavy atom. The molecular weight excluding hydrogens is 508 g/mol. The number of hydrogen-bond donors (Lipinski definition) is 5. The molecule has 0 aromatic heterocycles. The van der Waals surface area contributed by atoms with Crippen molar-refractivity contribution in [1.29, 1.82) is 0 Å². The molecule has 4 aliphatic rings. The molecule has 0 aromatic rings. The Morgan fingerprint density at radius 1 is 0.974 bits per heavy atom. The van der Waals surface area contributed by atoms with Crippen molar-refractivity contribution < 1.29 is 37.6 Å². The maximum atomic E-state index is 11.7. The summed E-state index contributed by atoms with van der Waals surface area (Å²) in [5, 5.41) is 44.8. The van der Waals surface area contributed by atoms with Crippen LogP contribution in [0.15, 0.2) is 0 Å². The summed E-state index contributed by atoms with van der Waals surface area (Å²) in [6, 6.07) is 0. The van der Waals surface area contributed by atoms with Crippen molar-refractivity contribution in [3.8, 4) is 0 Å². The lowest BCUT2D eigenvalue weighted by molar-refractivity contribution is -0.268. The number of hydrogen-bond acceptors (Lipinski definition) is 7. The van der Waals surface area contributed by atoms with Crippen molar-refractivity contribution in [3.63, 3.8) is 0 Å². The zero-order chi connectivity index (χ0) is 28.3. The number of rotatable bonds is 9. The van der Waals surface area contributed by atoms with Crippen molar-refractivity contribution >= 4 is 10.4 Å². The second kappa shape index (κ2) is 10.8. The molecule has 4 fully saturated rings. The van der Waals surface area contributed by atoms with Gasteiger partial charge in [0, 0.05) is 11.8 Å². The van der Waals surface area contributed by atoms with Crippen LogP contribution in [-0.2, 0) is 14.6 Å². The molecular formula is C29H52O8S. The minimum absolute atomic E-state index is 0.0223. The van der Waals surface area contributed by atoms with E-state index in [-0.39, 0.29) is 42.1 Å². The van der Waals surface area contributed by atoms with Gasteiger partial charge in [0.2, 0.25) is 0 Å². The van der Waals surface area contributed by atoms with Crippen molar-refractivity contribution in [2.75, 3.05) is 6.61 Å². The van der Waals surface area contributed by atoms with E-state index in [2.05, 4.69) is 38.8 Å². The van der Waals surface area contributed by atoms with Gasteiger partial charge in [0.1, 0.15) is 0 Å². The van der Waals surface area contributed by atoms with Crippen LogP contribution in [0.2, 0.25) is 0 Å². The molecule has 5 N–H and O–H groups in total. The van der Waals surface area contributed by atoms with E-state index in [1.165, 1.54) is 0 Å². The first kappa shape index (κ1) is 30.7. The second-order valence-corrected chi connectivity index (χ2v) is 15.4. The Hall–Kier alpha value is -0.290. The molecule has 4 rings (SSSR count). The highest BCUT2D eigenvalue weighted by molar-refractivity contribution is 7.80. The molecule has 12 unspecified atom stereocenters. The standard InChI is InChI=1S/C29H52O8S/c1-17(2)19(10-13-37-38(34,35)36)7-6-18(3)23-15-24(31)26-21-14-25(32)29(33)16-20(30)8-12-28(29,5)22(21)9-11-27(23,26)4/h17-26,30-33H,6-16H2,1-5H3,(H,34,35,36). The van der Waals surface area contributed by atoms with Crippen LogP contribution in [0.25, 0.3) is 0 Å². The molecule has 12 atom stereocenters. The third-order valence-electron chi connectivity index (χ3n) is 12.2. The fourth-order valence-electron chi connectivity index (χ4n) is 10.1. The molecule has 0 heterocycles. The molecule has 0 radical (unpaired) electrons. The first-order valence-corrected chi connectivity index (χ1v) is 16.3. The molecule has 4 aliphatic carbocycles. The Labute approximate surface area is 229 Å². The van der Waals surface area contributed by atoms with Crippen molar-refractivity contribution in [3.05, 3.63) is 0 Å². The molecule has 0 bridgehead atoms. The highest BCUT2D eigenvalue weighted by Crippen LogP contribution is 2.69. The predicted molar refractivity (Wildman–Crippen MR) is 144 cm³/mol. The van der Waals surface area contributed by atoms with Gasteiger partial charge >= 0.3 is 10.4 Å². The van der Waals surface area contributed by atoms with Gasteiger partial charge in [-0.15, -0.1) is 0 Å². The van der Waals surface area contributed by atoms with Crippen LogP contribution < -0.4 is 0 Å². The lowest BCUT2D eigenvalue weighted by Gasteiger charge is -2.65. The lowest BCUT2D eigenvalue weighted by Crippen LogP contribution is -2.69. The molecule has 4 saturated carbocycles. The average Bonchev–Trinajstić information content (AvgIpc) is 3.08. The zero-order valence-corrected chi connectivity index (χ0v) is 24.7. The molecule has 38 heavy (non-hydrogen) atoms. The first-order chi connectivity index (χ1) is 17.5. The summed E-state index contributed by atoms with van der Waals surface area (Å²) >= 11 is 0. The van der Waals surface area contributed by atoms with Gasteiger partial charge in [-0.25, -0.2) is 4.18 Å². The molecule has 8 nitrogen and oxygen atoms in total. The minimum Gasteiger partial charge on any atom is -0.393 e. The lowest BCUT2D eigenvalue weighted by atomic mass is 9.42. The van der Waals surface area contributed by atoms with E-state index in [1.54, 1.807) is 0 Å². The fourth-order valence-corrected chi connectivity index (χ4v) is 10.4. The molecule has 0 amide bonds. The van der Waals surface area contributed by atoms with Crippen LogP contribution in [0.1, 0.15) is 98.8 Å². The quantitative estimate of drug-likeness (QED) is 0.267. The van der Waals surface area contributed by atoms with Gasteiger partial charge in [0.05, 0.1) is 30.5 Å². The normalized spacial score (nSPS) is 46.8. The zero-order valence-electron chi connectivity index (χ0n) is 23.9. The summed E-state index contributed by atoms with van der Waals surface area (Å²) in [5.74, 6) is 1.82. The largest absolute Gasteiger partial charge is 0.397 e. The van der Waals surface area contributed by atoms with E-state index >= 15 is 0 Å². The molecule has 9 heteroatoms. The number of aliphatic hydroxyl groups excluding tert-OH is 3. The average molecular weight is 561 g/mol. The second-order valence-electron chi connectivity index (χ2n) is 14.3. The van der Waals surface area contributed by atoms with Gasteiger partial charge in [-0.2, -0.15) is 8.42 Å². The SMILES string of the molecule is CC(C)C(CCOS(=O)(=O)O)CCC(C)C1CC(O)C2C3CC(O)C4(O)CC(O)CCC4(C)C3CCC12C. The third-order valence-corrected chi connectivity index (χ3v) is 12.7. The highest BCUT2D eigenvalue weighted by Gasteiger charge is 2.68. The van der Waals surface area contributed by atoms with E-state index in [1.807, 2.05) is 0 Å². The summed E-state index contributed by atoms with van der Waals surface area (Å²) in [6.07, 6.45) is 5.31. The van der Waals surface area contributed by atoms with Crippen molar-refractivity contribution in [1.82, 2.24) is 0 Å². The monoisotopic (exact) mass is 560 g/mol. The highest BCUT2D eigenvalue weighted by atomic mass is 32.3. The van der Waals surface area contributed by atoms with E-state index in [4.69, 9.17) is 4.55 Å². The van der Waals surface area contributed by atoms with Crippen LogP contribution in [0.3, 0.4) is 0 Å². The smallest absolute Gasteiger partial charge is 0.393 e. The molecule has 0 aliphatic heterocycles. The van der Waals surface area contributed by atoms with E-state index in [0.29, 0.717) is 43.4 Å². The molecule has 0 aromatic carbocycles. The van der Waals surface area contributed by atoms with Crippen LogP contribution in [-0.4, -0.2) is 63.9 Å². The topological polar surface area (TPSA) is 145 Å². The fraction of sp³-hybridized carbons (Fsp3) is 1.00. The van der Waals surface area contributed by atoms with Gasteiger partial charge in [-0.1, -0.05) is 41.0 Å². The van der Waals surface area contributed by atoms with Crippen LogP contribution in [0, 0.1) is 52.3 Å². The van der Waals surface area contributed by atoms with Crippen molar-refractivity contribution in [2.45, 2.75) is 123 Å². The van der Waals surface area contributed by atoms with E-state index in [9.17, 15) is 28.8 Å². The summed E-state index contributed by atoms with van der Waals surface area (Å²) in [7, 11) is -4.42. The maximum Gasteiger partial charge on any atom is 0.397 e. The van der Waals surface area contributed by atoms with Crippen LogP contribution in [0.4, 0.5) is 0 Å². The number of aliphatic hydroxyl groups is 4. The Balaban J connectivity index is 1.47. The van der Waals surface area contributed by atoms with Gasteiger partial charge in [0.15, 0.2) is 0 Å². The van der Waals surface area contributed by atoms with Crippen molar-refractivity contribution in [2.24, 2.45) is 52.3 Å². The van der Waals surface area contributed by atoms with Gasteiger partial charge in [-0.3, -0.25) is 4.55 Å². The minimum atomic E-state index is -4.42. The maximum absolute atomic E-state index is 11.7. The Morgan fingerprint density at radius 3 is 2.29 bits per heavy atom. The molecule has 222 valence electrons. The van der Waals surface area contributed by atoms with Gasteiger partial charge < -0.3 is 20.4 Å². The van der Waals surface area contributed by atoms with Crippen LogP contribution in [0.5, 0.6) is 0 Å². The predicted octanol–water partition coefficient (Wildman–Crippen LogP) is 3.96. The van der Waals surface area contributed by atoms with E-state index in [0.717, 1.165) is 32.1 Å². The van der Waals surface area contributed by atoms with Gasteiger partial charge in [-0.05, 0) is 98.2 Å². The summed E-state index contributed by atoms with van der Waals surface area (Å²) in [6.45, 7) is 11.0. The Kier molecular flexibility index (Phi) is 8.75. The van der Waals surface area contributed by atoms with Crippen LogP contribution >= 0.6 is 0 Å². The third kappa shape index (κ3) is 5.35. The molecule has 0 spiro atoms. The first-order valence-electron chi connectivity index (χ1n) is 14.9. The number of fused-ring (bicyclic) bond motifs is 5. The molecule has 0 saturated heterocycles. The van der Waals surface area contributed by atoms with E-state index < -0.39 is 39.7 Å². The van der Waals surface area contributed by atoms with Gasteiger partial charge in [0.25, 0.3) is 0 Å². The summed E-state index contributed by atoms with van der Waals surface area (Å²) < 4.78 is 35.3. The summed E-state index contributed by atoms with van der Waals surface area (Å²) in [5.41, 5.74) is -1.78.